The highest BCUT2D eigenvalue weighted by atomic mass is 35.5. The third-order valence-corrected chi connectivity index (χ3v) is 9.08. The Bertz CT molecular complexity index is 1240. The molecular formula is C32H40Cl2N2O4. The second-order valence-electron chi connectivity index (χ2n) is 11.7. The molecule has 1 amide bonds. The molecule has 4 atom stereocenters. The molecule has 2 aromatic carbocycles. The number of carbonyl (C=O) groups excluding carboxylic acids is 2. The SMILES string of the molecule is C=CCN1CC[C@@]2(c3cccc(OC(C)=O)c3)C[C@H](N(CC(C)C)C(=O)Cc3ccc(Cl)c(Cl)c3)CC(O)[C@@H]2C1. The van der Waals surface area contributed by atoms with Crippen molar-refractivity contribution in [2.45, 2.75) is 64.0 Å². The van der Waals surface area contributed by atoms with Crippen LogP contribution in [0.2, 0.25) is 10.0 Å². The lowest BCUT2D eigenvalue weighted by Crippen LogP contribution is -2.61. The summed E-state index contributed by atoms with van der Waals surface area (Å²) < 4.78 is 5.45. The molecule has 0 radical (unpaired) electrons. The summed E-state index contributed by atoms with van der Waals surface area (Å²) in [5.74, 6) is 0.361. The maximum Gasteiger partial charge on any atom is 0.308 e. The number of nitrogens with zero attached hydrogens (tertiary/aromatic N) is 2. The number of esters is 1. The summed E-state index contributed by atoms with van der Waals surface area (Å²) in [6.07, 6.45) is 3.56. The maximum atomic E-state index is 13.9. The van der Waals surface area contributed by atoms with E-state index in [1.54, 1.807) is 18.2 Å². The van der Waals surface area contributed by atoms with Crippen LogP contribution in [0.15, 0.2) is 55.1 Å². The molecule has 1 N–H and O–H groups in total. The molecule has 216 valence electrons. The quantitative estimate of drug-likeness (QED) is 0.224. The fourth-order valence-electron chi connectivity index (χ4n) is 6.65. The van der Waals surface area contributed by atoms with E-state index in [0.717, 1.165) is 43.6 Å². The molecule has 1 saturated heterocycles. The molecule has 1 aliphatic carbocycles. The van der Waals surface area contributed by atoms with Crippen LogP contribution in [0.25, 0.3) is 0 Å². The van der Waals surface area contributed by atoms with Gasteiger partial charge in [-0.05, 0) is 67.1 Å². The second-order valence-corrected chi connectivity index (χ2v) is 12.5. The lowest BCUT2D eigenvalue weighted by Gasteiger charge is -2.56. The number of ether oxygens (including phenoxy) is 1. The van der Waals surface area contributed by atoms with Crippen molar-refractivity contribution in [2.75, 3.05) is 26.2 Å². The summed E-state index contributed by atoms with van der Waals surface area (Å²) in [5, 5.41) is 12.6. The zero-order valence-electron chi connectivity index (χ0n) is 23.6. The first-order chi connectivity index (χ1) is 19.0. The Morgan fingerprint density at radius 3 is 2.67 bits per heavy atom. The molecule has 2 aliphatic rings. The maximum absolute atomic E-state index is 13.9. The van der Waals surface area contributed by atoms with Crippen molar-refractivity contribution in [3.05, 3.63) is 76.3 Å². The van der Waals surface area contributed by atoms with Gasteiger partial charge in [0.1, 0.15) is 5.75 Å². The molecule has 6 nitrogen and oxygen atoms in total. The van der Waals surface area contributed by atoms with Gasteiger partial charge >= 0.3 is 5.97 Å². The van der Waals surface area contributed by atoms with Crippen molar-refractivity contribution >= 4 is 35.1 Å². The average Bonchev–Trinajstić information content (AvgIpc) is 2.89. The molecular weight excluding hydrogens is 547 g/mol. The van der Waals surface area contributed by atoms with Crippen molar-refractivity contribution in [3.8, 4) is 5.75 Å². The standard InChI is InChI=1S/C32H40Cl2N2O4/c1-5-12-35-13-11-32(24-7-6-8-26(16-24)40-22(4)37)18-25(17-30(38)27(32)20-35)36(19-21(2)3)31(39)15-23-9-10-28(33)29(34)14-23/h5-10,14,16,21,25,27,30,38H,1,11-13,15,17-20H2,2-4H3/t25-,27+,30?,32+/m1/s1. The Kier molecular flexibility index (Phi) is 9.99. The fraction of sp³-hybridized carbons (Fsp3) is 0.500. The predicted octanol–water partition coefficient (Wildman–Crippen LogP) is 5.92. The number of carbonyl (C=O) groups is 2. The Morgan fingerprint density at radius 1 is 1.23 bits per heavy atom. The third-order valence-electron chi connectivity index (χ3n) is 8.34. The number of hydrogen-bond acceptors (Lipinski definition) is 5. The van der Waals surface area contributed by atoms with Crippen molar-refractivity contribution in [2.24, 2.45) is 11.8 Å². The number of likely N-dealkylation sites (tertiary alicyclic amines) is 1. The highest BCUT2D eigenvalue weighted by Gasteiger charge is 2.53. The van der Waals surface area contributed by atoms with Gasteiger partial charge in [0.2, 0.25) is 5.91 Å². The lowest BCUT2D eigenvalue weighted by atomic mass is 9.56. The topological polar surface area (TPSA) is 70.1 Å². The van der Waals surface area contributed by atoms with Gasteiger partial charge < -0.3 is 14.7 Å². The van der Waals surface area contributed by atoms with Gasteiger partial charge in [-0.2, -0.15) is 0 Å². The van der Waals surface area contributed by atoms with Crippen LogP contribution in [-0.2, 0) is 21.4 Å². The van der Waals surface area contributed by atoms with Crippen LogP contribution in [-0.4, -0.2) is 65.1 Å². The minimum atomic E-state index is -0.601. The van der Waals surface area contributed by atoms with Gasteiger partial charge in [0.25, 0.3) is 0 Å². The van der Waals surface area contributed by atoms with Gasteiger partial charge in [-0.1, -0.05) is 61.3 Å². The second kappa shape index (κ2) is 13.1. The van der Waals surface area contributed by atoms with E-state index >= 15 is 0 Å². The van der Waals surface area contributed by atoms with Crippen LogP contribution in [0.5, 0.6) is 5.75 Å². The molecule has 1 saturated carbocycles. The smallest absolute Gasteiger partial charge is 0.308 e. The normalized spacial score (nSPS) is 24.8. The number of fused-ring (bicyclic) bond motifs is 1. The number of benzene rings is 2. The predicted molar refractivity (Wildman–Crippen MR) is 160 cm³/mol. The lowest BCUT2D eigenvalue weighted by molar-refractivity contribution is -0.138. The summed E-state index contributed by atoms with van der Waals surface area (Å²) in [5.41, 5.74) is 1.47. The van der Waals surface area contributed by atoms with E-state index < -0.39 is 6.10 Å². The number of piperidine rings is 1. The summed E-state index contributed by atoms with van der Waals surface area (Å²) in [6.45, 7) is 12.4. The highest BCUT2D eigenvalue weighted by molar-refractivity contribution is 6.42. The van der Waals surface area contributed by atoms with E-state index in [-0.39, 0.29) is 41.6 Å². The van der Waals surface area contributed by atoms with Gasteiger partial charge in [-0.3, -0.25) is 14.5 Å². The molecule has 8 heteroatoms. The monoisotopic (exact) mass is 586 g/mol. The van der Waals surface area contributed by atoms with Gasteiger partial charge in [0.05, 0.1) is 22.6 Å². The minimum Gasteiger partial charge on any atom is -0.427 e. The van der Waals surface area contributed by atoms with E-state index in [4.69, 9.17) is 27.9 Å². The van der Waals surface area contributed by atoms with Gasteiger partial charge in [-0.15, -0.1) is 6.58 Å². The molecule has 1 heterocycles. The number of amides is 1. The number of rotatable bonds is 9. The van der Waals surface area contributed by atoms with E-state index in [1.807, 2.05) is 29.2 Å². The molecule has 2 fully saturated rings. The molecule has 2 aromatic rings. The number of hydrogen-bond donors (Lipinski definition) is 1. The first kappa shape index (κ1) is 30.6. The van der Waals surface area contributed by atoms with E-state index in [9.17, 15) is 14.7 Å². The largest absolute Gasteiger partial charge is 0.427 e. The van der Waals surface area contributed by atoms with Crippen molar-refractivity contribution in [1.29, 1.82) is 0 Å². The Hall–Kier alpha value is -2.38. The summed E-state index contributed by atoms with van der Waals surface area (Å²) >= 11 is 12.3. The Balaban J connectivity index is 1.70. The molecule has 4 rings (SSSR count). The van der Waals surface area contributed by atoms with Crippen molar-refractivity contribution < 1.29 is 19.4 Å². The van der Waals surface area contributed by atoms with Crippen LogP contribution in [0, 0.1) is 11.8 Å². The summed E-state index contributed by atoms with van der Waals surface area (Å²) in [7, 11) is 0. The number of halogens is 2. The third kappa shape index (κ3) is 6.91. The zero-order valence-corrected chi connectivity index (χ0v) is 25.1. The fourth-order valence-corrected chi connectivity index (χ4v) is 6.97. The van der Waals surface area contributed by atoms with Crippen LogP contribution in [0.3, 0.4) is 0 Å². The van der Waals surface area contributed by atoms with Crippen molar-refractivity contribution in [3.63, 3.8) is 0 Å². The summed E-state index contributed by atoms with van der Waals surface area (Å²) in [6, 6.07) is 12.9. The van der Waals surface area contributed by atoms with Crippen LogP contribution >= 0.6 is 23.2 Å². The van der Waals surface area contributed by atoms with Gasteiger partial charge in [-0.25, -0.2) is 0 Å². The van der Waals surface area contributed by atoms with E-state index in [0.29, 0.717) is 28.8 Å². The molecule has 40 heavy (non-hydrogen) atoms. The van der Waals surface area contributed by atoms with Crippen molar-refractivity contribution in [1.82, 2.24) is 9.80 Å². The zero-order chi connectivity index (χ0) is 29.0. The van der Waals surface area contributed by atoms with Gasteiger partial charge in [0.15, 0.2) is 0 Å². The van der Waals surface area contributed by atoms with E-state index in [2.05, 4.69) is 31.4 Å². The van der Waals surface area contributed by atoms with Crippen LogP contribution in [0.1, 0.15) is 51.2 Å². The first-order valence-electron chi connectivity index (χ1n) is 14.1. The van der Waals surface area contributed by atoms with E-state index in [1.165, 1.54) is 6.92 Å². The molecule has 0 spiro atoms. The first-order valence-corrected chi connectivity index (χ1v) is 14.8. The highest BCUT2D eigenvalue weighted by Crippen LogP contribution is 2.51. The molecule has 1 unspecified atom stereocenters. The number of aliphatic hydroxyl groups is 1. The molecule has 0 bridgehead atoms. The molecule has 1 aliphatic heterocycles. The Morgan fingerprint density at radius 2 is 2.00 bits per heavy atom. The minimum absolute atomic E-state index is 0.00986. The summed E-state index contributed by atoms with van der Waals surface area (Å²) in [4.78, 5) is 29.9. The number of aliphatic hydroxyl groups excluding tert-OH is 1. The molecule has 0 aromatic heterocycles. The average molecular weight is 588 g/mol. The van der Waals surface area contributed by atoms with Gasteiger partial charge in [0, 0.05) is 43.9 Å². The van der Waals surface area contributed by atoms with Crippen LogP contribution < -0.4 is 4.74 Å². The van der Waals surface area contributed by atoms with Crippen LogP contribution in [0.4, 0.5) is 0 Å². The Labute approximate surface area is 247 Å².